The maximum Gasteiger partial charge on any atom is 0.191 e. The van der Waals surface area contributed by atoms with Crippen molar-refractivity contribution in [3.63, 3.8) is 0 Å². The molecule has 5 nitrogen and oxygen atoms in total. The zero-order valence-corrected chi connectivity index (χ0v) is 15.9. The molecule has 136 valence electrons. The molecular weight excluding hydrogens is 349 g/mol. The number of halogens is 1. The number of nitrogens with zero attached hydrogens (tertiary/aromatic N) is 1. The van der Waals surface area contributed by atoms with Gasteiger partial charge in [-0.25, -0.2) is 12.8 Å². The highest BCUT2D eigenvalue weighted by molar-refractivity contribution is 7.99. The third-order valence-corrected chi connectivity index (χ3v) is 5.95. The van der Waals surface area contributed by atoms with E-state index in [1.807, 2.05) is 6.92 Å². The second-order valence-corrected chi connectivity index (χ2v) is 8.72. The molecule has 0 bridgehead atoms. The van der Waals surface area contributed by atoms with Crippen LogP contribution in [-0.4, -0.2) is 51.3 Å². The van der Waals surface area contributed by atoms with E-state index in [2.05, 4.69) is 15.6 Å². The van der Waals surface area contributed by atoms with Gasteiger partial charge in [-0.2, -0.15) is 0 Å². The Bertz CT molecular complexity index is 604. The van der Waals surface area contributed by atoms with Crippen LogP contribution in [0, 0.1) is 5.82 Å². The van der Waals surface area contributed by atoms with Crippen LogP contribution in [0.15, 0.2) is 34.2 Å². The predicted molar refractivity (Wildman–Crippen MR) is 100 cm³/mol. The van der Waals surface area contributed by atoms with Crippen LogP contribution in [0.1, 0.15) is 20.3 Å². The van der Waals surface area contributed by atoms with Gasteiger partial charge in [-0.15, -0.1) is 11.8 Å². The highest BCUT2D eigenvalue weighted by Crippen LogP contribution is 2.18. The van der Waals surface area contributed by atoms with E-state index in [9.17, 15) is 12.8 Å². The topological polar surface area (TPSA) is 70.6 Å². The quantitative estimate of drug-likeness (QED) is 0.284. The van der Waals surface area contributed by atoms with Crippen molar-refractivity contribution < 1.29 is 12.8 Å². The first-order valence-electron chi connectivity index (χ1n) is 8.07. The summed E-state index contributed by atoms with van der Waals surface area (Å²) in [5.41, 5.74) is 0. The third-order valence-electron chi connectivity index (χ3n) is 3.14. The molecule has 1 aromatic rings. The van der Waals surface area contributed by atoms with Crippen molar-refractivity contribution in [2.75, 3.05) is 36.9 Å². The van der Waals surface area contributed by atoms with Crippen molar-refractivity contribution in [1.82, 2.24) is 10.6 Å². The molecule has 1 aromatic carbocycles. The Morgan fingerprint density at radius 1 is 1.21 bits per heavy atom. The Morgan fingerprint density at radius 3 is 2.54 bits per heavy atom. The molecule has 0 aliphatic heterocycles. The SMILES string of the molecule is CCNC(=NCCCSc1ccc(F)cc1)NCCS(=O)(=O)CC. The summed E-state index contributed by atoms with van der Waals surface area (Å²) in [5, 5.41) is 6.13. The van der Waals surface area contributed by atoms with Crippen LogP contribution in [-0.2, 0) is 9.84 Å². The van der Waals surface area contributed by atoms with E-state index in [0.717, 1.165) is 23.6 Å². The molecule has 0 spiro atoms. The highest BCUT2D eigenvalue weighted by atomic mass is 32.2. The van der Waals surface area contributed by atoms with Gasteiger partial charge in [0.25, 0.3) is 0 Å². The van der Waals surface area contributed by atoms with Crippen molar-refractivity contribution in [2.45, 2.75) is 25.2 Å². The van der Waals surface area contributed by atoms with Gasteiger partial charge in [0.1, 0.15) is 5.82 Å². The Kier molecular flexibility index (Phi) is 9.78. The van der Waals surface area contributed by atoms with Gasteiger partial charge in [0.2, 0.25) is 0 Å². The second kappa shape index (κ2) is 11.3. The molecule has 1 rings (SSSR count). The van der Waals surface area contributed by atoms with Crippen LogP contribution in [0.4, 0.5) is 4.39 Å². The van der Waals surface area contributed by atoms with Crippen LogP contribution >= 0.6 is 11.8 Å². The molecule has 0 saturated heterocycles. The summed E-state index contributed by atoms with van der Waals surface area (Å²) in [5.74, 6) is 1.56. The van der Waals surface area contributed by atoms with Gasteiger partial charge in [-0.3, -0.25) is 4.99 Å². The van der Waals surface area contributed by atoms with Gasteiger partial charge >= 0.3 is 0 Å². The first kappa shape index (κ1) is 20.8. The lowest BCUT2D eigenvalue weighted by molar-refractivity contribution is 0.595. The van der Waals surface area contributed by atoms with E-state index < -0.39 is 9.84 Å². The van der Waals surface area contributed by atoms with Crippen molar-refractivity contribution >= 4 is 27.6 Å². The summed E-state index contributed by atoms with van der Waals surface area (Å²) in [6.45, 7) is 5.32. The van der Waals surface area contributed by atoms with Crippen molar-refractivity contribution in [3.8, 4) is 0 Å². The molecular formula is C16H26FN3O2S2. The Hall–Kier alpha value is -1.28. The van der Waals surface area contributed by atoms with Crippen LogP contribution in [0.3, 0.4) is 0 Å². The molecule has 2 N–H and O–H groups in total. The summed E-state index contributed by atoms with van der Waals surface area (Å²) in [6, 6.07) is 6.45. The third kappa shape index (κ3) is 9.12. The first-order chi connectivity index (χ1) is 11.5. The average molecular weight is 376 g/mol. The molecule has 0 atom stereocenters. The number of thioether (sulfide) groups is 1. The molecule has 0 heterocycles. The highest BCUT2D eigenvalue weighted by Gasteiger charge is 2.07. The fourth-order valence-corrected chi connectivity index (χ4v) is 3.33. The lowest BCUT2D eigenvalue weighted by Gasteiger charge is -2.11. The minimum atomic E-state index is -2.97. The Morgan fingerprint density at radius 2 is 1.92 bits per heavy atom. The van der Waals surface area contributed by atoms with Crippen molar-refractivity contribution in [3.05, 3.63) is 30.1 Å². The van der Waals surface area contributed by atoms with Crippen LogP contribution in [0.2, 0.25) is 0 Å². The average Bonchev–Trinajstić information content (AvgIpc) is 2.56. The van der Waals surface area contributed by atoms with E-state index in [4.69, 9.17) is 0 Å². The lowest BCUT2D eigenvalue weighted by Crippen LogP contribution is -2.39. The van der Waals surface area contributed by atoms with Crippen LogP contribution in [0.5, 0.6) is 0 Å². The molecule has 0 radical (unpaired) electrons. The van der Waals surface area contributed by atoms with Gasteiger partial charge in [0.15, 0.2) is 15.8 Å². The second-order valence-electron chi connectivity index (χ2n) is 5.08. The molecule has 8 heteroatoms. The standard InChI is InChI=1S/C16H26FN3O2S2/c1-3-18-16(20-11-13-24(21,22)4-2)19-10-5-12-23-15-8-6-14(17)7-9-15/h6-9H,3-5,10-13H2,1-2H3,(H2,18,19,20). The molecule has 0 unspecified atom stereocenters. The molecule has 0 saturated carbocycles. The minimum absolute atomic E-state index is 0.105. The molecule has 0 aliphatic rings. The van der Waals surface area contributed by atoms with Gasteiger partial charge < -0.3 is 10.6 Å². The largest absolute Gasteiger partial charge is 0.357 e. The molecule has 0 aliphatic carbocycles. The van der Waals surface area contributed by atoms with Crippen LogP contribution < -0.4 is 10.6 Å². The van der Waals surface area contributed by atoms with Gasteiger partial charge in [-0.05, 0) is 43.4 Å². The number of sulfone groups is 1. The number of hydrogen-bond donors (Lipinski definition) is 2. The van der Waals surface area contributed by atoms with E-state index in [-0.39, 0.29) is 17.3 Å². The number of nitrogens with one attached hydrogen (secondary N) is 2. The van der Waals surface area contributed by atoms with E-state index in [1.165, 1.54) is 12.1 Å². The lowest BCUT2D eigenvalue weighted by atomic mass is 10.4. The summed E-state index contributed by atoms with van der Waals surface area (Å²) >= 11 is 1.66. The van der Waals surface area contributed by atoms with Crippen LogP contribution in [0.25, 0.3) is 0 Å². The van der Waals surface area contributed by atoms with Gasteiger partial charge in [0, 0.05) is 30.3 Å². The summed E-state index contributed by atoms with van der Waals surface area (Å²) in [4.78, 5) is 5.47. The maximum atomic E-state index is 12.8. The summed E-state index contributed by atoms with van der Waals surface area (Å²) in [7, 11) is -2.97. The Balaban J connectivity index is 2.30. The molecule has 0 amide bonds. The number of aliphatic imine (C=N–C) groups is 1. The van der Waals surface area contributed by atoms with Crippen molar-refractivity contribution in [2.24, 2.45) is 4.99 Å². The van der Waals surface area contributed by atoms with Crippen molar-refractivity contribution in [1.29, 1.82) is 0 Å². The number of hydrogen-bond acceptors (Lipinski definition) is 4. The zero-order chi connectivity index (χ0) is 17.8. The summed E-state index contributed by atoms with van der Waals surface area (Å²) < 4.78 is 35.7. The minimum Gasteiger partial charge on any atom is -0.357 e. The van der Waals surface area contributed by atoms with Gasteiger partial charge in [-0.1, -0.05) is 6.92 Å². The van der Waals surface area contributed by atoms with E-state index >= 15 is 0 Å². The fourth-order valence-electron chi connectivity index (χ4n) is 1.79. The fraction of sp³-hybridized carbons (Fsp3) is 0.562. The maximum absolute atomic E-state index is 12.8. The molecule has 24 heavy (non-hydrogen) atoms. The monoisotopic (exact) mass is 375 g/mol. The molecule has 0 fully saturated rings. The first-order valence-corrected chi connectivity index (χ1v) is 10.9. The zero-order valence-electron chi connectivity index (χ0n) is 14.2. The smallest absolute Gasteiger partial charge is 0.191 e. The number of guanidine groups is 1. The number of benzene rings is 1. The summed E-state index contributed by atoms with van der Waals surface area (Å²) in [6.07, 6.45) is 0.881. The molecule has 0 aromatic heterocycles. The van der Waals surface area contributed by atoms with Gasteiger partial charge in [0.05, 0.1) is 5.75 Å². The number of rotatable bonds is 10. The predicted octanol–water partition coefficient (Wildman–Crippen LogP) is 2.30. The van der Waals surface area contributed by atoms with E-state index in [1.54, 1.807) is 30.8 Å². The normalized spacial score (nSPS) is 12.2. The Labute approximate surface area is 148 Å². The van der Waals surface area contributed by atoms with E-state index in [0.29, 0.717) is 19.0 Å².